The van der Waals surface area contributed by atoms with E-state index in [9.17, 15) is 0 Å². The number of anilines is 1. The van der Waals surface area contributed by atoms with Gasteiger partial charge in [-0.15, -0.1) is 0 Å². The molecule has 3 N–H and O–H groups in total. The Bertz CT molecular complexity index is 348. The first kappa shape index (κ1) is 10.5. The monoisotopic (exact) mass is 208 g/mol. The Morgan fingerprint density at radius 1 is 1.60 bits per heavy atom. The predicted octanol–water partition coefficient (Wildman–Crippen LogP) is 1.18. The van der Waals surface area contributed by atoms with Gasteiger partial charge in [0.2, 0.25) is 5.95 Å². The van der Waals surface area contributed by atoms with E-state index in [0.29, 0.717) is 5.92 Å². The summed E-state index contributed by atoms with van der Waals surface area (Å²) in [5.41, 5.74) is 7.14. The average molecular weight is 208 g/mol. The molecule has 0 radical (unpaired) electrons. The third kappa shape index (κ3) is 1.86. The highest BCUT2D eigenvalue weighted by Crippen LogP contribution is 2.27. The summed E-state index contributed by atoms with van der Waals surface area (Å²) in [5, 5.41) is 3.33. The minimum absolute atomic E-state index is 0.142. The molecule has 1 aromatic rings. The fourth-order valence-electron chi connectivity index (χ4n) is 2.02. The molecular formula is C11H20N4. The quantitative estimate of drug-likeness (QED) is 0.728. The summed E-state index contributed by atoms with van der Waals surface area (Å²) in [4.78, 5) is 4.40. The van der Waals surface area contributed by atoms with Gasteiger partial charge in [0.15, 0.2) is 0 Å². The Balaban J connectivity index is 2.34. The molecule has 0 aromatic carbocycles. The predicted molar refractivity (Wildman–Crippen MR) is 62.0 cm³/mol. The molecule has 2 rings (SSSR count). The van der Waals surface area contributed by atoms with Crippen molar-refractivity contribution in [2.75, 3.05) is 18.4 Å². The number of aromatic nitrogens is 2. The van der Waals surface area contributed by atoms with E-state index in [0.717, 1.165) is 25.6 Å². The number of nitrogens with one attached hydrogen (secondary N) is 1. The van der Waals surface area contributed by atoms with Crippen molar-refractivity contribution in [2.24, 2.45) is 11.7 Å². The number of hydrogen-bond donors (Lipinski definition) is 2. The van der Waals surface area contributed by atoms with Crippen LogP contribution in [0.5, 0.6) is 0 Å². The maximum Gasteiger partial charge on any atom is 0.203 e. The first-order chi connectivity index (χ1) is 7.02. The highest BCUT2D eigenvalue weighted by Gasteiger charge is 2.25. The highest BCUT2D eigenvalue weighted by atomic mass is 15.2. The normalized spacial score (nSPS) is 20.9. The van der Waals surface area contributed by atoms with Crippen molar-refractivity contribution >= 4 is 5.95 Å². The lowest BCUT2D eigenvalue weighted by molar-refractivity contribution is 0.417. The fraction of sp³-hybridized carbons (Fsp3) is 0.727. The van der Waals surface area contributed by atoms with Crippen molar-refractivity contribution in [3.05, 3.63) is 11.9 Å². The summed E-state index contributed by atoms with van der Waals surface area (Å²) in [7, 11) is 0. The van der Waals surface area contributed by atoms with Gasteiger partial charge in [0, 0.05) is 30.1 Å². The lowest BCUT2D eigenvalue weighted by atomic mass is 9.92. The second-order valence-electron chi connectivity index (χ2n) is 5.31. The van der Waals surface area contributed by atoms with Crippen LogP contribution in [0.15, 0.2) is 6.20 Å². The summed E-state index contributed by atoms with van der Waals surface area (Å²) in [6, 6.07) is 0. The van der Waals surface area contributed by atoms with E-state index in [4.69, 9.17) is 5.73 Å². The SMILES string of the molecule is CC(C)(C)c1cnc2n1CC(CN)CN2. The molecule has 2 heterocycles. The maximum atomic E-state index is 5.71. The third-order valence-electron chi connectivity index (χ3n) is 2.95. The summed E-state index contributed by atoms with van der Waals surface area (Å²) < 4.78 is 2.26. The number of fused-ring (bicyclic) bond motifs is 1. The number of rotatable bonds is 1. The minimum atomic E-state index is 0.142. The molecule has 1 atom stereocenters. The van der Waals surface area contributed by atoms with Gasteiger partial charge < -0.3 is 15.6 Å². The van der Waals surface area contributed by atoms with Gasteiger partial charge in [-0.05, 0) is 6.54 Å². The summed E-state index contributed by atoms with van der Waals surface area (Å²) in [6.45, 7) is 9.30. The summed E-state index contributed by atoms with van der Waals surface area (Å²) in [6.07, 6.45) is 1.97. The van der Waals surface area contributed by atoms with Crippen LogP contribution in [0.25, 0.3) is 0 Å². The molecule has 15 heavy (non-hydrogen) atoms. The van der Waals surface area contributed by atoms with Crippen LogP contribution in [0.2, 0.25) is 0 Å². The number of nitrogens with zero attached hydrogens (tertiary/aromatic N) is 2. The van der Waals surface area contributed by atoms with Gasteiger partial charge in [-0.2, -0.15) is 0 Å². The molecule has 0 amide bonds. The van der Waals surface area contributed by atoms with Gasteiger partial charge in [0.1, 0.15) is 0 Å². The van der Waals surface area contributed by atoms with Crippen LogP contribution in [-0.4, -0.2) is 22.6 Å². The van der Waals surface area contributed by atoms with Crippen molar-refractivity contribution in [2.45, 2.75) is 32.7 Å². The minimum Gasteiger partial charge on any atom is -0.355 e. The topological polar surface area (TPSA) is 55.9 Å². The zero-order valence-electron chi connectivity index (χ0n) is 9.75. The van der Waals surface area contributed by atoms with Gasteiger partial charge in [-0.25, -0.2) is 4.98 Å². The molecule has 1 aliphatic heterocycles. The zero-order chi connectivity index (χ0) is 11.1. The molecule has 0 aliphatic carbocycles. The van der Waals surface area contributed by atoms with Crippen LogP contribution in [0.1, 0.15) is 26.5 Å². The summed E-state index contributed by atoms with van der Waals surface area (Å²) in [5.74, 6) is 1.51. The van der Waals surface area contributed by atoms with Crippen LogP contribution >= 0.6 is 0 Å². The Hall–Kier alpha value is -1.03. The molecule has 0 saturated heterocycles. The molecule has 1 aliphatic rings. The highest BCUT2D eigenvalue weighted by molar-refractivity contribution is 5.34. The molecule has 0 bridgehead atoms. The Morgan fingerprint density at radius 3 is 2.93 bits per heavy atom. The lowest BCUT2D eigenvalue weighted by Gasteiger charge is -2.28. The number of imidazole rings is 1. The van der Waals surface area contributed by atoms with Crippen molar-refractivity contribution < 1.29 is 0 Å². The zero-order valence-corrected chi connectivity index (χ0v) is 9.75. The van der Waals surface area contributed by atoms with Crippen LogP contribution in [-0.2, 0) is 12.0 Å². The van der Waals surface area contributed by atoms with Crippen LogP contribution in [0.3, 0.4) is 0 Å². The first-order valence-corrected chi connectivity index (χ1v) is 5.52. The molecule has 1 aromatic heterocycles. The van der Waals surface area contributed by atoms with Gasteiger partial charge in [0.05, 0.1) is 6.20 Å². The molecule has 0 fully saturated rings. The molecule has 84 valence electrons. The van der Waals surface area contributed by atoms with Gasteiger partial charge in [-0.3, -0.25) is 0 Å². The Kier molecular flexibility index (Phi) is 2.46. The van der Waals surface area contributed by atoms with E-state index in [1.165, 1.54) is 5.69 Å². The molecular weight excluding hydrogens is 188 g/mol. The van der Waals surface area contributed by atoms with Crippen molar-refractivity contribution in [3.8, 4) is 0 Å². The van der Waals surface area contributed by atoms with E-state index >= 15 is 0 Å². The molecule has 0 spiro atoms. The standard InChI is InChI=1S/C11H20N4/c1-11(2,3)9-6-14-10-13-5-8(4-12)7-15(9)10/h6,8H,4-5,7,12H2,1-3H3,(H,13,14). The van der Waals surface area contributed by atoms with Gasteiger partial charge in [0.25, 0.3) is 0 Å². The van der Waals surface area contributed by atoms with Crippen molar-refractivity contribution in [3.63, 3.8) is 0 Å². The largest absolute Gasteiger partial charge is 0.355 e. The van der Waals surface area contributed by atoms with Gasteiger partial charge in [-0.1, -0.05) is 20.8 Å². The third-order valence-corrected chi connectivity index (χ3v) is 2.95. The van der Waals surface area contributed by atoms with Crippen LogP contribution in [0, 0.1) is 5.92 Å². The van der Waals surface area contributed by atoms with E-state index in [-0.39, 0.29) is 5.41 Å². The van der Waals surface area contributed by atoms with Crippen LogP contribution < -0.4 is 11.1 Å². The number of hydrogen-bond acceptors (Lipinski definition) is 3. The first-order valence-electron chi connectivity index (χ1n) is 5.52. The van der Waals surface area contributed by atoms with Crippen molar-refractivity contribution in [1.82, 2.24) is 9.55 Å². The maximum absolute atomic E-state index is 5.71. The number of nitrogens with two attached hydrogens (primary N) is 1. The van der Waals surface area contributed by atoms with Gasteiger partial charge >= 0.3 is 0 Å². The van der Waals surface area contributed by atoms with E-state index < -0.39 is 0 Å². The fourth-order valence-corrected chi connectivity index (χ4v) is 2.02. The van der Waals surface area contributed by atoms with Crippen molar-refractivity contribution in [1.29, 1.82) is 0 Å². The van der Waals surface area contributed by atoms with Crippen LogP contribution in [0.4, 0.5) is 5.95 Å². The Labute approximate surface area is 90.9 Å². The molecule has 0 saturated carbocycles. The van der Waals surface area contributed by atoms with E-state index in [2.05, 4.69) is 35.6 Å². The smallest absolute Gasteiger partial charge is 0.203 e. The lowest BCUT2D eigenvalue weighted by Crippen LogP contribution is -2.34. The average Bonchev–Trinajstić information content (AvgIpc) is 2.59. The summed E-state index contributed by atoms with van der Waals surface area (Å²) >= 11 is 0. The molecule has 4 nitrogen and oxygen atoms in total. The molecule has 1 unspecified atom stereocenters. The van der Waals surface area contributed by atoms with E-state index in [1.54, 1.807) is 0 Å². The van der Waals surface area contributed by atoms with E-state index in [1.807, 2.05) is 6.20 Å². The Morgan fingerprint density at radius 2 is 2.33 bits per heavy atom. The second kappa shape index (κ2) is 3.52. The second-order valence-corrected chi connectivity index (χ2v) is 5.31. The molecule has 4 heteroatoms.